The maximum Gasteiger partial charge on any atom is 0.251 e. The number of aryl methyl sites for hydroxylation is 1. The van der Waals surface area contributed by atoms with E-state index in [2.05, 4.69) is 10.6 Å². The molecule has 1 aromatic carbocycles. The quantitative estimate of drug-likeness (QED) is 0.710. The number of hydrogen-bond donors (Lipinski definition) is 2. The third-order valence-corrected chi connectivity index (χ3v) is 3.07. The fraction of sp³-hybridized carbons (Fsp3) is 0.533. The van der Waals surface area contributed by atoms with Gasteiger partial charge in [-0.3, -0.25) is 4.79 Å². The van der Waals surface area contributed by atoms with E-state index in [-0.39, 0.29) is 5.91 Å². The number of carbonyl (C=O) groups excluding carboxylic acids is 1. The molecule has 0 saturated heterocycles. The number of rotatable bonds is 8. The van der Waals surface area contributed by atoms with Gasteiger partial charge in [-0.05, 0) is 49.9 Å². The van der Waals surface area contributed by atoms with Crippen LogP contribution < -0.4 is 10.6 Å². The molecule has 0 radical (unpaired) electrons. The number of ether oxygens (including phenoxy) is 1. The van der Waals surface area contributed by atoms with Gasteiger partial charge in [0.1, 0.15) is 0 Å². The summed E-state index contributed by atoms with van der Waals surface area (Å²) in [5.41, 5.74) is 2.85. The highest BCUT2D eigenvalue weighted by molar-refractivity contribution is 5.94. The van der Waals surface area contributed by atoms with Crippen LogP contribution in [0.15, 0.2) is 18.2 Å². The highest BCUT2D eigenvalue weighted by atomic mass is 16.5. The smallest absolute Gasteiger partial charge is 0.251 e. The lowest BCUT2D eigenvalue weighted by Gasteiger charge is -2.09. The fourth-order valence-corrected chi connectivity index (χ4v) is 1.94. The Hall–Kier alpha value is -1.55. The van der Waals surface area contributed by atoms with E-state index >= 15 is 0 Å². The van der Waals surface area contributed by atoms with E-state index in [0.717, 1.165) is 43.7 Å². The van der Waals surface area contributed by atoms with Crippen molar-refractivity contribution in [2.75, 3.05) is 32.6 Å². The van der Waals surface area contributed by atoms with Crippen molar-refractivity contribution in [2.45, 2.75) is 26.2 Å². The highest BCUT2D eigenvalue weighted by Gasteiger charge is 2.06. The minimum atomic E-state index is -0.00232. The first-order chi connectivity index (χ1) is 9.19. The molecule has 0 atom stereocenters. The molecule has 0 aliphatic heterocycles. The van der Waals surface area contributed by atoms with Crippen LogP contribution in [0.25, 0.3) is 0 Å². The van der Waals surface area contributed by atoms with Crippen molar-refractivity contribution < 1.29 is 9.53 Å². The molecule has 0 bridgehead atoms. The molecule has 2 N–H and O–H groups in total. The minimum Gasteiger partial charge on any atom is -0.388 e. The molecule has 0 aliphatic rings. The van der Waals surface area contributed by atoms with Gasteiger partial charge >= 0.3 is 0 Å². The van der Waals surface area contributed by atoms with Gasteiger partial charge in [-0.25, -0.2) is 0 Å². The normalized spacial score (nSPS) is 10.3. The fourth-order valence-electron chi connectivity index (χ4n) is 1.94. The number of unbranched alkanes of at least 4 members (excludes halogenated alkanes) is 2. The van der Waals surface area contributed by atoms with Gasteiger partial charge in [0, 0.05) is 38.6 Å². The second kappa shape index (κ2) is 8.53. The van der Waals surface area contributed by atoms with Crippen LogP contribution in [0.5, 0.6) is 0 Å². The Labute approximate surface area is 115 Å². The van der Waals surface area contributed by atoms with E-state index < -0.39 is 0 Å². The van der Waals surface area contributed by atoms with Gasteiger partial charge in [-0.2, -0.15) is 0 Å². The zero-order valence-corrected chi connectivity index (χ0v) is 12.1. The van der Waals surface area contributed by atoms with Crippen molar-refractivity contribution >= 4 is 11.6 Å². The van der Waals surface area contributed by atoms with Crippen molar-refractivity contribution in [3.63, 3.8) is 0 Å². The maximum absolute atomic E-state index is 11.9. The Morgan fingerprint density at radius 1 is 1.26 bits per heavy atom. The summed E-state index contributed by atoms with van der Waals surface area (Å²) in [5.74, 6) is -0.00232. The molecule has 0 unspecified atom stereocenters. The first-order valence-electron chi connectivity index (χ1n) is 6.74. The Morgan fingerprint density at radius 2 is 2.05 bits per heavy atom. The largest absolute Gasteiger partial charge is 0.388 e. The summed E-state index contributed by atoms with van der Waals surface area (Å²) < 4.78 is 4.98. The number of carbonyl (C=O) groups is 1. The number of methoxy groups -OCH3 is 1. The third kappa shape index (κ3) is 5.30. The summed E-state index contributed by atoms with van der Waals surface area (Å²) in [6, 6.07) is 5.69. The van der Waals surface area contributed by atoms with Crippen LogP contribution in [0.4, 0.5) is 5.69 Å². The van der Waals surface area contributed by atoms with Gasteiger partial charge in [0.2, 0.25) is 0 Å². The second-order valence-electron chi connectivity index (χ2n) is 4.59. The summed E-state index contributed by atoms with van der Waals surface area (Å²) in [4.78, 5) is 11.9. The SMILES string of the molecule is CNc1ccc(C(=O)NCCCCCOC)cc1C. The highest BCUT2D eigenvalue weighted by Crippen LogP contribution is 2.15. The molecule has 19 heavy (non-hydrogen) atoms. The average molecular weight is 264 g/mol. The lowest BCUT2D eigenvalue weighted by Crippen LogP contribution is -2.24. The zero-order chi connectivity index (χ0) is 14.1. The molecule has 0 aliphatic carbocycles. The molecular weight excluding hydrogens is 240 g/mol. The molecule has 0 spiro atoms. The van der Waals surface area contributed by atoms with Crippen LogP contribution in [-0.2, 0) is 4.74 Å². The number of amides is 1. The van der Waals surface area contributed by atoms with Gasteiger partial charge in [0.05, 0.1) is 0 Å². The first kappa shape index (κ1) is 15.5. The van der Waals surface area contributed by atoms with Crippen molar-refractivity contribution in [3.8, 4) is 0 Å². The third-order valence-electron chi connectivity index (χ3n) is 3.07. The first-order valence-corrected chi connectivity index (χ1v) is 6.74. The molecule has 1 rings (SSSR count). The number of hydrogen-bond acceptors (Lipinski definition) is 3. The lowest BCUT2D eigenvalue weighted by molar-refractivity contribution is 0.0952. The van der Waals surface area contributed by atoms with Crippen LogP contribution in [0.3, 0.4) is 0 Å². The maximum atomic E-state index is 11.9. The molecule has 4 heteroatoms. The molecular formula is C15H24N2O2. The minimum absolute atomic E-state index is 0.00232. The molecule has 0 saturated carbocycles. The predicted molar refractivity (Wildman–Crippen MR) is 78.8 cm³/mol. The predicted octanol–water partition coefficient (Wildman–Crippen LogP) is 2.58. The molecule has 106 valence electrons. The monoisotopic (exact) mass is 264 g/mol. The van der Waals surface area contributed by atoms with Crippen LogP contribution in [0.1, 0.15) is 35.2 Å². The van der Waals surface area contributed by atoms with E-state index in [9.17, 15) is 4.79 Å². The van der Waals surface area contributed by atoms with Crippen LogP contribution in [-0.4, -0.2) is 33.2 Å². The van der Waals surface area contributed by atoms with Crippen molar-refractivity contribution in [3.05, 3.63) is 29.3 Å². The molecule has 1 aromatic rings. The molecule has 4 nitrogen and oxygen atoms in total. The van der Waals surface area contributed by atoms with Crippen LogP contribution >= 0.6 is 0 Å². The Kier molecular flexibility index (Phi) is 6.97. The molecule has 0 aromatic heterocycles. The van der Waals surface area contributed by atoms with Gasteiger partial charge in [-0.15, -0.1) is 0 Å². The summed E-state index contributed by atoms with van der Waals surface area (Å²) in [6.45, 7) is 3.50. The van der Waals surface area contributed by atoms with E-state index in [4.69, 9.17) is 4.74 Å². The average Bonchev–Trinajstić information content (AvgIpc) is 2.42. The van der Waals surface area contributed by atoms with Gasteiger partial charge in [0.15, 0.2) is 0 Å². The van der Waals surface area contributed by atoms with E-state index in [1.54, 1.807) is 7.11 Å². The number of nitrogens with one attached hydrogen (secondary N) is 2. The molecule has 0 fully saturated rings. The van der Waals surface area contributed by atoms with Gasteiger partial charge in [0.25, 0.3) is 5.91 Å². The summed E-state index contributed by atoms with van der Waals surface area (Å²) in [5, 5.41) is 6.03. The Morgan fingerprint density at radius 3 is 2.68 bits per heavy atom. The van der Waals surface area contributed by atoms with Crippen molar-refractivity contribution in [1.82, 2.24) is 5.32 Å². The standard InChI is InChI=1S/C15H24N2O2/c1-12-11-13(7-8-14(12)16-2)15(18)17-9-5-4-6-10-19-3/h7-8,11,16H,4-6,9-10H2,1-3H3,(H,17,18). The zero-order valence-electron chi connectivity index (χ0n) is 12.1. The van der Waals surface area contributed by atoms with E-state index in [1.807, 2.05) is 32.2 Å². The molecule has 0 heterocycles. The summed E-state index contributed by atoms with van der Waals surface area (Å²) in [6.07, 6.45) is 3.11. The molecule has 1 amide bonds. The van der Waals surface area contributed by atoms with E-state index in [1.165, 1.54) is 0 Å². The van der Waals surface area contributed by atoms with Gasteiger partial charge < -0.3 is 15.4 Å². The second-order valence-corrected chi connectivity index (χ2v) is 4.59. The number of benzene rings is 1. The Balaban J connectivity index is 2.35. The Bertz CT molecular complexity index is 405. The van der Waals surface area contributed by atoms with Gasteiger partial charge in [-0.1, -0.05) is 0 Å². The summed E-state index contributed by atoms with van der Waals surface area (Å²) in [7, 11) is 3.58. The van der Waals surface area contributed by atoms with Crippen molar-refractivity contribution in [1.29, 1.82) is 0 Å². The van der Waals surface area contributed by atoms with Crippen LogP contribution in [0.2, 0.25) is 0 Å². The summed E-state index contributed by atoms with van der Waals surface area (Å²) >= 11 is 0. The van der Waals surface area contributed by atoms with Crippen molar-refractivity contribution in [2.24, 2.45) is 0 Å². The number of anilines is 1. The van der Waals surface area contributed by atoms with Crippen LogP contribution in [0, 0.1) is 6.92 Å². The van der Waals surface area contributed by atoms with E-state index in [0.29, 0.717) is 5.56 Å². The lowest BCUT2D eigenvalue weighted by atomic mass is 10.1. The topological polar surface area (TPSA) is 50.4 Å².